The minimum Gasteiger partial charge on any atom is -0.489 e. The molecule has 8 heteroatoms. The Balaban J connectivity index is 1.49. The van der Waals surface area contributed by atoms with E-state index in [0.29, 0.717) is 25.2 Å². The van der Waals surface area contributed by atoms with E-state index in [2.05, 4.69) is 5.32 Å². The van der Waals surface area contributed by atoms with Gasteiger partial charge in [-0.1, -0.05) is 61.7 Å². The molecule has 43 heavy (non-hydrogen) atoms. The number of carbonyl (C=O) groups excluding carboxylic acids is 2. The van der Waals surface area contributed by atoms with Crippen LogP contribution in [-0.4, -0.2) is 34.7 Å². The van der Waals surface area contributed by atoms with Crippen molar-refractivity contribution in [2.24, 2.45) is 5.92 Å². The lowest BCUT2D eigenvalue weighted by molar-refractivity contribution is -0.138. The molecule has 1 fully saturated rings. The van der Waals surface area contributed by atoms with E-state index in [-0.39, 0.29) is 17.8 Å². The van der Waals surface area contributed by atoms with E-state index >= 15 is 0 Å². The highest BCUT2D eigenvalue weighted by atomic mass is 32.1. The molecule has 1 unspecified atom stereocenters. The van der Waals surface area contributed by atoms with Crippen molar-refractivity contribution < 1.29 is 24.2 Å². The van der Waals surface area contributed by atoms with Crippen LogP contribution in [0.3, 0.4) is 0 Å². The predicted octanol–water partition coefficient (Wildman–Crippen LogP) is 6.98. The molecule has 0 saturated heterocycles. The standard InChI is InChI=1S/C35H42N2O5S/c1-4-41-35(40)25(3)19-24(2)20-29-23-43-34(36-29)31(37-33(39)32(38)28-13-9-6-10-14-28)21-26-15-17-30(18-16-26)42-22-27-11-7-5-8-12-27/h5,7-8,11-12,15-20,23,28,31-32,38H,4,6,9-10,13-14,21-22H2,1-3H3,(H,37,39)/t31-,32?/m0/s1. The second-order valence-electron chi connectivity index (χ2n) is 11.1. The number of rotatable bonds is 13. The number of carbonyl (C=O) groups is 2. The molecule has 3 aromatic rings. The van der Waals surface area contributed by atoms with Crippen LogP contribution in [0.4, 0.5) is 0 Å². The lowest BCUT2D eigenvalue weighted by Gasteiger charge is -2.27. The Morgan fingerprint density at radius 2 is 1.77 bits per heavy atom. The van der Waals surface area contributed by atoms with Crippen molar-refractivity contribution >= 4 is 29.3 Å². The molecule has 4 rings (SSSR count). The fourth-order valence-electron chi connectivity index (χ4n) is 5.27. The molecule has 2 atom stereocenters. The molecule has 0 spiro atoms. The highest BCUT2D eigenvalue weighted by Crippen LogP contribution is 2.29. The summed E-state index contributed by atoms with van der Waals surface area (Å²) in [6.45, 7) is 6.23. The zero-order chi connectivity index (χ0) is 30.6. The molecule has 0 aliphatic heterocycles. The van der Waals surface area contributed by atoms with Gasteiger partial charge in [0.25, 0.3) is 0 Å². The molecular weight excluding hydrogens is 560 g/mol. The molecule has 1 saturated carbocycles. The van der Waals surface area contributed by atoms with Gasteiger partial charge in [-0.2, -0.15) is 0 Å². The second-order valence-corrected chi connectivity index (χ2v) is 12.0. The number of benzene rings is 2. The Morgan fingerprint density at radius 3 is 2.47 bits per heavy atom. The zero-order valence-corrected chi connectivity index (χ0v) is 26.1. The maximum absolute atomic E-state index is 13.2. The van der Waals surface area contributed by atoms with Gasteiger partial charge in [-0.3, -0.25) is 4.79 Å². The first kappa shape index (κ1) is 32.2. The van der Waals surface area contributed by atoms with Crippen molar-refractivity contribution in [2.45, 2.75) is 78.0 Å². The molecular formula is C35H42N2O5S. The highest BCUT2D eigenvalue weighted by Gasteiger charge is 2.30. The Labute approximate surface area is 258 Å². The summed E-state index contributed by atoms with van der Waals surface area (Å²) in [5, 5.41) is 16.7. The normalized spacial score (nSPS) is 15.9. The summed E-state index contributed by atoms with van der Waals surface area (Å²) in [6.07, 6.45) is 8.14. The molecule has 0 radical (unpaired) electrons. The first-order valence-electron chi connectivity index (χ1n) is 15.1. The quantitative estimate of drug-likeness (QED) is 0.125. The largest absolute Gasteiger partial charge is 0.489 e. The Morgan fingerprint density at radius 1 is 1.05 bits per heavy atom. The topological polar surface area (TPSA) is 97.8 Å². The van der Waals surface area contributed by atoms with Crippen molar-refractivity contribution in [1.29, 1.82) is 0 Å². The fraction of sp³-hybridized carbons (Fsp3) is 0.400. The van der Waals surface area contributed by atoms with Crippen LogP contribution < -0.4 is 10.1 Å². The van der Waals surface area contributed by atoms with Gasteiger partial charge in [0.2, 0.25) is 5.91 Å². The number of esters is 1. The Hall–Kier alpha value is -3.75. The number of allylic oxidation sites excluding steroid dienone is 2. The molecule has 1 amide bonds. The van der Waals surface area contributed by atoms with Crippen LogP contribution in [-0.2, 0) is 27.4 Å². The Bertz CT molecular complexity index is 1390. The lowest BCUT2D eigenvalue weighted by atomic mass is 9.85. The number of hydrogen-bond acceptors (Lipinski definition) is 7. The highest BCUT2D eigenvalue weighted by molar-refractivity contribution is 7.09. The van der Waals surface area contributed by atoms with Crippen LogP contribution in [0.25, 0.3) is 6.08 Å². The van der Waals surface area contributed by atoms with Crippen LogP contribution >= 0.6 is 11.3 Å². The molecule has 2 N–H and O–H groups in total. The smallest absolute Gasteiger partial charge is 0.333 e. The van der Waals surface area contributed by atoms with Gasteiger partial charge in [-0.25, -0.2) is 9.78 Å². The third kappa shape index (κ3) is 9.90. The average Bonchev–Trinajstić information content (AvgIpc) is 3.49. The van der Waals surface area contributed by atoms with Crippen molar-refractivity contribution in [3.8, 4) is 5.75 Å². The maximum atomic E-state index is 13.2. The van der Waals surface area contributed by atoms with E-state index in [1.54, 1.807) is 19.9 Å². The summed E-state index contributed by atoms with van der Waals surface area (Å²) < 4.78 is 11.0. The van der Waals surface area contributed by atoms with Gasteiger partial charge in [-0.05, 0) is 86.9 Å². The molecule has 228 valence electrons. The van der Waals surface area contributed by atoms with Gasteiger partial charge >= 0.3 is 5.97 Å². The molecule has 7 nitrogen and oxygen atoms in total. The fourth-order valence-corrected chi connectivity index (χ4v) is 6.09. The zero-order valence-electron chi connectivity index (χ0n) is 25.3. The minimum absolute atomic E-state index is 0.0117. The summed E-state index contributed by atoms with van der Waals surface area (Å²) in [7, 11) is 0. The van der Waals surface area contributed by atoms with Crippen molar-refractivity contribution in [3.05, 3.63) is 99.0 Å². The number of aromatic nitrogens is 1. The molecule has 1 heterocycles. The van der Waals surface area contributed by atoms with Gasteiger partial charge in [0.15, 0.2) is 0 Å². The lowest BCUT2D eigenvalue weighted by Crippen LogP contribution is -2.42. The van der Waals surface area contributed by atoms with Crippen molar-refractivity contribution in [1.82, 2.24) is 10.3 Å². The van der Waals surface area contributed by atoms with E-state index in [1.807, 2.05) is 73.0 Å². The van der Waals surface area contributed by atoms with Crippen LogP contribution in [0.2, 0.25) is 0 Å². The summed E-state index contributed by atoms with van der Waals surface area (Å²) >= 11 is 1.46. The number of amides is 1. The molecule has 2 aromatic carbocycles. The minimum atomic E-state index is -1.03. The van der Waals surface area contributed by atoms with Crippen LogP contribution in [0.15, 0.2) is 77.2 Å². The van der Waals surface area contributed by atoms with Crippen LogP contribution in [0.1, 0.15) is 80.7 Å². The SMILES string of the molecule is CCOC(=O)C(C)=CC(C)=Cc1csc([C@H](Cc2ccc(OCc3ccccc3)cc2)NC(=O)C(O)C2CCCCC2)n1. The summed E-state index contributed by atoms with van der Waals surface area (Å²) in [4.78, 5) is 30.1. The van der Waals surface area contributed by atoms with Gasteiger partial charge in [0, 0.05) is 11.0 Å². The van der Waals surface area contributed by atoms with Crippen molar-refractivity contribution in [2.75, 3.05) is 6.61 Å². The second kappa shape index (κ2) is 16.2. The number of ether oxygens (including phenoxy) is 2. The molecule has 1 aliphatic rings. The number of aliphatic hydroxyl groups excluding tert-OH is 1. The van der Waals surface area contributed by atoms with Gasteiger partial charge in [0.1, 0.15) is 23.5 Å². The number of aliphatic hydroxyl groups is 1. The number of hydrogen-bond donors (Lipinski definition) is 2. The molecule has 1 aromatic heterocycles. The van der Waals surface area contributed by atoms with Gasteiger partial charge < -0.3 is 19.9 Å². The number of nitrogens with zero attached hydrogens (tertiary/aromatic N) is 1. The maximum Gasteiger partial charge on any atom is 0.333 e. The van der Waals surface area contributed by atoms with E-state index in [1.165, 1.54) is 11.3 Å². The monoisotopic (exact) mass is 602 g/mol. The van der Waals surface area contributed by atoms with E-state index in [9.17, 15) is 14.7 Å². The number of nitrogens with one attached hydrogen (secondary N) is 1. The van der Waals surface area contributed by atoms with Crippen LogP contribution in [0, 0.1) is 5.92 Å². The average molecular weight is 603 g/mol. The van der Waals surface area contributed by atoms with E-state index in [0.717, 1.165) is 65.3 Å². The first-order valence-corrected chi connectivity index (χ1v) is 15.9. The van der Waals surface area contributed by atoms with Crippen LogP contribution in [0.5, 0.6) is 5.75 Å². The van der Waals surface area contributed by atoms with Crippen molar-refractivity contribution in [3.63, 3.8) is 0 Å². The number of thiazole rings is 1. The third-order valence-electron chi connectivity index (χ3n) is 7.55. The first-order chi connectivity index (χ1) is 20.8. The third-order valence-corrected chi connectivity index (χ3v) is 8.52. The van der Waals surface area contributed by atoms with Gasteiger partial charge in [-0.15, -0.1) is 11.3 Å². The van der Waals surface area contributed by atoms with E-state index in [4.69, 9.17) is 14.5 Å². The Kier molecular flexibility index (Phi) is 12.1. The van der Waals surface area contributed by atoms with E-state index < -0.39 is 12.1 Å². The molecule has 0 bridgehead atoms. The molecule has 1 aliphatic carbocycles. The van der Waals surface area contributed by atoms with Gasteiger partial charge in [0.05, 0.1) is 18.3 Å². The summed E-state index contributed by atoms with van der Waals surface area (Å²) in [5.41, 5.74) is 4.23. The summed E-state index contributed by atoms with van der Waals surface area (Å²) in [5.74, 6) is 0.0627. The predicted molar refractivity (Wildman–Crippen MR) is 171 cm³/mol. The summed E-state index contributed by atoms with van der Waals surface area (Å²) in [6, 6.07) is 17.5.